The fraction of sp³-hybridized carbons (Fsp3) is 0.350. The zero-order chi connectivity index (χ0) is 17.0. The van der Waals surface area contributed by atoms with Crippen LogP contribution >= 0.6 is 0 Å². The first kappa shape index (κ1) is 15.8. The summed E-state index contributed by atoms with van der Waals surface area (Å²) in [4.78, 5) is 18.2. The van der Waals surface area contributed by atoms with Crippen LogP contribution < -0.4 is 10.4 Å². The van der Waals surface area contributed by atoms with Crippen molar-refractivity contribution < 1.29 is 9.63 Å². The Labute approximate surface area is 144 Å². The zero-order valence-corrected chi connectivity index (χ0v) is 15.4. The lowest BCUT2D eigenvalue weighted by molar-refractivity contribution is -0.117. The lowest BCUT2D eigenvalue weighted by atomic mass is 10.1. The minimum atomic E-state index is -2.50. The Bertz CT molecular complexity index is 717. The Kier molecular flexibility index (Phi) is 3.36. The summed E-state index contributed by atoms with van der Waals surface area (Å²) in [5.41, 5.74) is 0. The van der Waals surface area contributed by atoms with E-state index in [0.717, 1.165) is 6.42 Å². The summed E-state index contributed by atoms with van der Waals surface area (Å²) in [6.45, 7) is 6.84. The number of carbonyl (C=O) groups excluding carboxylic acids is 1. The van der Waals surface area contributed by atoms with Crippen molar-refractivity contribution in [3.63, 3.8) is 0 Å². The summed E-state index contributed by atoms with van der Waals surface area (Å²) in [6.07, 6.45) is 2.11. The van der Waals surface area contributed by atoms with Gasteiger partial charge in [0.05, 0.1) is 0 Å². The molecule has 0 radical (unpaired) electrons. The van der Waals surface area contributed by atoms with Gasteiger partial charge in [0.2, 0.25) is 0 Å². The van der Waals surface area contributed by atoms with Gasteiger partial charge in [-0.1, -0.05) is 91.8 Å². The number of aldehydes is 1. The first-order chi connectivity index (χ1) is 11.5. The van der Waals surface area contributed by atoms with Crippen LogP contribution in [0.25, 0.3) is 0 Å². The molecule has 2 aromatic carbocycles. The maximum absolute atomic E-state index is 12.5. The molecule has 2 saturated heterocycles. The molecule has 0 aliphatic carbocycles. The molecule has 3 nitrogen and oxygen atoms in total. The molecular weight excluding hydrogens is 314 g/mol. The SMILES string of the molecule is CC(C)(C)[Si](c1ccccc1)(c1ccccc1)C1(C=O)CC2ON21. The number of carbonyl (C=O) groups is 1. The van der Waals surface area contributed by atoms with Crippen molar-refractivity contribution in [3.05, 3.63) is 60.7 Å². The molecule has 0 N–H and O–H groups in total. The Morgan fingerprint density at radius 1 is 1.04 bits per heavy atom. The van der Waals surface area contributed by atoms with Crippen LogP contribution in [0.5, 0.6) is 0 Å². The van der Waals surface area contributed by atoms with Crippen LogP contribution in [0.1, 0.15) is 27.2 Å². The summed E-state index contributed by atoms with van der Waals surface area (Å²) in [5.74, 6) is 0. The van der Waals surface area contributed by atoms with Gasteiger partial charge in [0.1, 0.15) is 11.4 Å². The Morgan fingerprint density at radius 2 is 1.54 bits per heavy atom. The fourth-order valence-corrected chi connectivity index (χ4v) is 11.8. The largest absolute Gasteiger partial charge is 0.302 e. The minimum absolute atomic E-state index is 0.0481. The number of hydroxylamine groups is 2. The smallest absolute Gasteiger partial charge is 0.157 e. The molecule has 0 amide bonds. The summed E-state index contributed by atoms with van der Waals surface area (Å²) in [5, 5.41) is 3.97. The molecule has 3 atom stereocenters. The molecule has 0 bridgehead atoms. The highest BCUT2D eigenvalue weighted by atomic mass is 28.3. The van der Waals surface area contributed by atoms with Gasteiger partial charge in [0.25, 0.3) is 0 Å². The summed E-state index contributed by atoms with van der Waals surface area (Å²) in [6, 6.07) is 21.2. The van der Waals surface area contributed by atoms with E-state index in [-0.39, 0.29) is 11.3 Å². The Hall–Kier alpha value is -1.75. The van der Waals surface area contributed by atoms with E-state index in [1.165, 1.54) is 16.7 Å². The summed E-state index contributed by atoms with van der Waals surface area (Å²) >= 11 is 0. The Balaban J connectivity index is 2.06. The molecule has 4 rings (SSSR count). The molecule has 124 valence electrons. The number of hydrogen-bond acceptors (Lipinski definition) is 3. The van der Waals surface area contributed by atoms with Gasteiger partial charge in [-0.3, -0.25) is 4.84 Å². The zero-order valence-electron chi connectivity index (χ0n) is 14.4. The second-order valence-corrected chi connectivity index (χ2v) is 12.9. The van der Waals surface area contributed by atoms with Gasteiger partial charge >= 0.3 is 0 Å². The average Bonchev–Trinajstić information content (AvgIpc) is 3.25. The second-order valence-electron chi connectivity index (χ2n) is 7.86. The quantitative estimate of drug-likeness (QED) is 0.488. The second kappa shape index (κ2) is 5.12. The number of benzene rings is 2. The third-order valence-electron chi connectivity index (χ3n) is 5.71. The highest BCUT2D eigenvalue weighted by Gasteiger charge is 2.77. The molecule has 2 aliphatic rings. The third kappa shape index (κ3) is 1.82. The average molecular weight is 337 g/mol. The van der Waals surface area contributed by atoms with Crippen molar-refractivity contribution in [2.75, 3.05) is 0 Å². The van der Waals surface area contributed by atoms with E-state index in [4.69, 9.17) is 4.84 Å². The predicted molar refractivity (Wildman–Crippen MR) is 97.7 cm³/mol. The number of rotatable bonds is 4. The van der Waals surface area contributed by atoms with E-state index < -0.39 is 13.2 Å². The van der Waals surface area contributed by atoms with E-state index >= 15 is 0 Å². The van der Waals surface area contributed by atoms with E-state index in [0.29, 0.717) is 0 Å². The van der Waals surface area contributed by atoms with Gasteiger partial charge in [-0.2, -0.15) is 0 Å². The molecular formula is C20H23NO2Si. The van der Waals surface area contributed by atoms with Crippen molar-refractivity contribution in [2.24, 2.45) is 0 Å². The molecule has 0 aromatic heterocycles. The molecule has 2 aromatic rings. The maximum Gasteiger partial charge on any atom is 0.157 e. The predicted octanol–water partition coefficient (Wildman–Crippen LogP) is 2.50. The van der Waals surface area contributed by atoms with Gasteiger partial charge in [-0.15, -0.1) is 5.06 Å². The van der Waals surface area contributed by atoms with Crippen molar-refractivity contribution in [2.45, 2.75) is 43.6 Å². The number of hydrogen-bond donors (Lipinski definition) is 0. The van der Waals surface area contributed by atoms with E-state index in [1.807, 2.05) is 17.2 Å². The van der Waals surface area contributed by atoms with E-state index in [1.54, 1.807) is 0 Å². The van der Waals surface area contributed by atoms with Crippen molar-refractivity contribution in [3.8, 4) is 0 Å². The molecule has 3 unspecified atom stereocenters. The first-order valence-electron chi connectivity index (χ1n) is 8.51. The number of nitrogens with zero attached hydrogens (tertiary/aromatic N) is 1. The lowest BCUT2D eigenvalue weighted by Gasteiger charge is -2.56. The monoisotopic (exact) mass is 337 g/mol. The molecule has 24 heavy (non-hydrogen) atoms. The fourth-order valence-electron chi connectivity index (χ4n) is 4.88. The normalized spacial score (nSPS) is 28.6. The van der Waals surface area contributed by atoms with E-state index in [2.05, 4.69) is 69.3 Å². The van der Waals surface area contributed by atoms with Gasteiger partial charge < -0.3 is 4.79 Å². The number of fused-ring (bicyclic) bond motifs is 1. The lowest BCUT2D eigenvalue weighted by Crippen LogP contribution is -2.83. The van der Waals surface area contributed by atoms with Crippen LogP contribution in [0.3, 0.4) is 0 Å². The topological polar surface area (TPSA) is 32.6 Å². The maximum atomic E-state index is 12.5. The van der Waals surface area contributed by atoms with Crippen molar-refractivity contribution >= 4 is 24.7 Å². The van der Waals surface area contributed by atoms with Gasteiger partial charge in [-0.25, -0.2) is 0 Å². The third-order valence-corrected chi connectivity index (χ3v) is 12.2. The summed E-state index contributed by atoms with van der Waals surface area (Å²) in [7, 11) is -2.50. The van der Waals surface area contributed by atoms with Crippen LogP contribution in [-0.2, 0) is 9.63 Å². The standard InChI is InChI=1S/C20H23NO2Si/c1-19(2,3)24(16-10-6-4-7-11-16,17-12-8-5-9-13-17)20(15-22)14-18-21(20)23-18/h4-13,15,18H,14H2,1-3H3. The van der Waals surface area contributed by atoms with Crippen LogP contribution in [-0.4, -0.2) is 30.8 Å². The van der Waals surface area contributed by atoms with E-state index in [9.17, 15) is 4.79 Å². The van der Waals surface area contributed by atoms with Gasteiger partial charge in [0.15, 0.2) is 14.3 Å². The van der Waals surface area contributed by atoms with Crippen LogP contribution in [0, 0.1) is 0 Å². The van der Waals surface area contributed by atoms with Crippen molar-refractivity contribution in [1.82, 2.24) is 5.06 Å². The molecule has 2 aliphatic heterocycles. The van der Waals surface area contributed by atoms with Crippen LogP contribution in [0.2, 0.25) is 5.04 Å². The molecule has 2 fully saturated rings. The van der Waals surface area contributed by atoms with Crippen molar-refractivity contribution in [1.29, 1.82) is 0 Å². The first-order valence-corrected chi connectivity index (χ1v) is 10.5. The van der Waals surface area contributed by atoms with Crippen LogP contribution in [0.15, 0.2) is 60.7 Å². The molecule has 2 heterocycles. The van der Waals surface area contributed by atoms with Gasteiger partial charge in [-0.05, 0) is 5.04 Å². The summed E-state index contributed by atoms with van der Waals surface area (Å²) < 4.78 is 0. The molecule has 4 heteroatoms. The Morgan fingerprint density at radius 3 is 1.83 bits per heavy atom. The highest BCUT2D eigenvalue weighted by molar-refractivity contribution is 7.08. The van der Waals surface area contributed by atoms with Gasteiger partial charge in [0, 0.05) is 6.42 Å². The highest BCUT2D eigenvalue weighted by Crippen LogP contribution is 2.57. The molecule has 0 saturated carbocycles. The van der Waals surface area contributed by atoms with Crippen LogP contribution in [0.4, 0.5) is 0 Å². The minimum Gasteiger partial charge on any atom is -0.302 e. The molecule has 0 spiro atoms.